The summed E-state index contributed by atoms with van der Waals surface area (Å²) in [6, 6.07) is 0. The van der Waals surface area contributed by atoms with Crippen molar-refractivity contribution < 1.29 is 29.0 Å². The van der Waals surface area contributed by atoms with Crippen LogP contribution in [0.15, 0.2) is 0 Å². The SMILES string of the molecule is CC(=O)OCOC(=O)CCCCCCCCCC(=O)O. The molecule has 0 aromatic carbocycles. The van der Waals surface area contributed by atoms with Crippen molar-refractivity contribution in [3.63, 3.8) is 0 Å². The maximum Gasteiger partial charge on any atom is 0.308 e. The van der Waals surface area contributed by atoms with Crippen LogP contribution < -0.4 is 0 Å². The first-order chi connectivity index (χ1) is 9.52. The fraction of sp³-hybridized carbons (Fsp3) is 0.786. The third-order valence-electron chi connectivity index (χ3n) is 2.75. The van der Waals surface area contributed by atoms with Crippen molar-refractivity contribution in [3.8, 4) is 0 Å². The van der Waals surface area contributed by atoms with E-state index < -0.39 is 11.9 Å². The fourth-order valence-electron chi connectivity index (χ4n) is 1.68. The van der Waals surface area contributed by atoms with Crippen LogP contribution in [0.3, 0.4) is 0 Å². The molecule has 0 rings (SSSR count). The molecule has 0 amide bonds. The van der Waals surface area contributed by atoms with Gasteiger partial charge in [0.05, 0.1) is 0 Å². The van der Waals surface area contributed by atoms with Gasteiger partial charge < -0.3 is 14.6 Å². The Hall–Kier alpha value is -1.59. The second kappa shape index (κ2) is 12.4. The number of carboxylic acid groups (broad SMARTS) is 1. The first kappa shape index (κ1) is 18.4. The van der Waals surface area contributed by atoms with Gasteiger partial charge in [0.2, 0.25) is 6.79 Å². The summed E-state index contributed by atoms with van der Waals surface area (Å²) in [5.74, 6) is -1.56. The van der Waals surface area contributed by atoms with Gasteiger partial charge in [0.25, 0.3) is 0 Å². The Morgan fingerprint density at radius 1 is 0.800 bits per heavy atom. The predicted molar refractivity (Wildman–Crippen MR) is 71.9 cm³/mol. The number of esters is 2. The summed E-state index contributed by atoms with van der Waals surface area (Å²) in [7, 11) is 0. The molecule has 0 aromatic rings. The van der Waals surface area contributed by atoms with E-state index in [2.05, 4.69) is 4.74 Å². The largest absolute Gasteiger partial charge is 0.481 e. The minimum absolute atomic E-state index is 0.244. The number of rotatable bonds is 12. The zero-order chi connectivity index (χ0) is 15.2. The normalized spacial score (nSPS) is 10.1. The lowest BCUT2D eigenvalue weighted by molar-refractivity contribution is -0.165. The smallest absolute Gasteiger partial charge is 0.308 e. The molecular formula is C14H24O6. The number of carboxylic acids is 1. The number of aliphatic carboxylic acids is 1. The number of carbonyl (C=O) groups is 3. The molecular weight excluding hydrogens is 264 g/mol. The van der Waals surface area contributed by atoms with Crippen molar-refractivity contribution in [1.29, 1.82) is 0 Å². The first-order valence-corrected chi connectivity index (χ1v) is 7.03. The maximum atomic E-state index is 11.2. The topological polar surface area (TPSA) is 89.9 Å². The Morgan fingerprint density at radius 3 is 1.80 bits per heavy atom. The van der Waals surface area contributed by atoms with Crippen molar-refractivity contribution in [2.24, 2.45) is 0 Å². The lowest BCUT2D eigenvalue weighted by Crippen LogP contribution is -2.10. The summed E-state index contributed by atoms with van der Waals surface area (Å²) in [5, 5.41) is 8.46. The molecule has 116 valence electrons. The van der Waals surface area contributed by atoms with Crippen molar-refractivity contribution in [2.45, 2.75) is 64.7 Å². The molecule has 20 heavy (non-hydrogen) atoms. The molecule has 0 fully saturated rings. The lowest BCUT2D eigenvalue weighted by atomic mass is 10.1. The van der Waals surface area contributed by atoms with Crippen molar-refractivity contribution in [2.75, 3.05) is 6.79 Å². The molecule has 0 radical (unpaired) electrons. The van der Waals surface area contributed by atoms with E-state index in [4.69, 9.17) is 9.84 Å². The van der Waals surface area contributed by atoms with E-state index in [1.165, 1.54) is 6.92 Å². The predicted octanol–water partition coefficient (Wildman–Crippen LogP) is 2.65. The van der Waals surface area contributed by atoms with Crippen molar-refractivity contribution in [1.82, 2.24) is 0 Å². The number of hydrogen-bond donors (Lipinski definition) is 1. The summed E-state index contributed by atoms with van der Waals surface area (Å²) >= 11 is 0. The van der Waals surface area contributed by atoms with E-state index in [0.29, 0.717) is 6.42 Å². The minimum atomic E-state index is -0.739. The van der Waals surface area contributed by atoms with Crippen LogP contribution in [0.4, 0.5) is 0 Å². The van der Waals surface area contributed by atoms with Gasteiger partial charge in [-0.2, -0.15) is 0 Å². The number of carbonyl (C=O) groups excluding carboxylic acids is 2. The molecule has 0 aliphatic rings. The molecule has 0 atom stereocenters. The Labute approximate surface area is 119 Å². The van der Waals surface area contributed by atoms with Crippen molar-refractivity contribution >= 4 is 17.9 Å². The number of ether oxygens (including phenoxy) is 2. The first-order valence-electron chi connectivity index (χ1n) is 7.03. The zero-order valence-electron chi connectivity index (χ0n) is 12.1. The lowest BCUT2D eigenvalue weighted by Gasteiger charge is -2.04. The van der Waals surface area contributed by atoms with Gasteiger partial charge in [-0.1, -0.05) is 32.1 Å². The summed E-state index contributed by atoms with van der Waals surface area (Å²) in [6.45, 7) is 0.946. The van der Waals surface area contributed by atoms with E-state index in [1.54, 1.807) is 0 Å². The Balaban J connectivity index is 3.21. The van der Waals surface area contributed by atoms with Crippen LogP contribution in [0.25, 0.3) is 0 Å². The molecule has 0 spiro atoms. The summed E-state index contributed by atoms with van der Waals surface area (Å²) in [5.41, 5.74) is 0. The standard InChI is InChI=1S/C14H24O6/c1-12(15)19-11-20-14(18)10-8-6-4-2-3-5-7-9-13(16)17/h2-11H2,1H3,(H,16,17). The van der Waals surface area contributed by atoms with Crippen LogP contribution in [0.1, 0.15) is 64.7 Å². The quantitative estimate of drug-likeness (QED) is 0.337. The van der Waals surface area contributed by atoms with E-state index >= 15 is 0 Å². The molecule has 0 aliphatic carbocycles. The van der Waals surface area contributed by atoms with Gasteiger partial charge in [-0.05, 0) is 12.8 Å². The molecule has 0 aromatic heterocycles. The highest BCUT2D eigenvalue weighted by molar-refractivity contribution is 5.69. The van der Waals surface area contributed by atoms with Crippen LogP contribution in [-0.4, -0.2) is 29.8 Å². The summed E-state index contributed by atoms with van der Waals surface area (Å²) < 4.78 is 9.19. The van der Waals surface area contributed by atoms with Crippen molar-refractivity contribution in [3.05, 3.63) is 0 Å². The highest BCUT2D eigenvalue weighted by Crippen LogP contribution is 2.10. The van der Waals surface area contributed by atoms with Gasteiger partial charge in [0, 0.05) is 19.8 Å². The number of hydrogen-bond acceptors (Lipinski definition) is 5. The van der Waals surface area contributed by atoms with E-state index in [1.807, 2.05) is 0 Å². The molecule has 0 bridgehead atoms. The van der Waals surface area contributed by atoms with E-state index in [9.17, 15) is 14.4 Å². The third-order valence-corrected chi connectivity index (χ3v) is 2.75. The van der Waals surface area contributed by atoms with Gasteiger partial charge in [-0.3, -0.25) is 14.4 Å². The number of unbranched alkanes of at least 4 members (excludes halogenated alkanes) is 6. The van der Waals surface area contributed by atoms with Crippen LogP contribution in [0, 0.1) is 0 Å². The van der Waals surface area contributed by atoms with Gasteiger partial charge in [-0.25, -0.2) is 0 Å². The Morgan fingerprint density at radius 2 is 1.30 bits per heavy atom. The van der Waals surface area contributed by atoms with E-state index in [-0.39, 0.29) is 19.2 Å². The maximum absolute atomic E-state index is 11.2. The Bertz CT molecular complexity index is 300. The van der Waals surface area contributed by atoms with Crippen LogP contribution in [0.2, 0.25) is 0 Å². The van der Waals surface area contributed by atoms with Gasteiger partial charge in [0.1, 0.15) is 0 Å². The molecule has 6 heteroatoms. The molecule has 0 saturated carbocycles. The van der Waals surface area contributed by atoms with Crippen LogP contribution >= 0.6 is 0 Å². The molecule has 6 nitrogen and oxygen atoms in total. The summed E-state index contributed by atoms with van der Waals surface area (Å²) in [6.07, 6.45) is 7.08. The van der Waals surface area contributed by atoms with Gasteiger partial charge in [0.15, 0.2) is 0 Å². The summed E-state index contributed by atoms with van der Waals surface area (Å²) in [4.78, 5) is 31.9. The second-order valence-electron chi connectivity index (χ2n) is 4.64. The Kier molecular flexibility index (Phi) is 11.5. The third kappa shape index (κ3) is 14.5. The molecule has 0 saturated heterocycles. The average molecular weight is 288 g/mol. The minimum Gasteiger partial charge on any atom is -0.481 e. The highest BCUT2D eigenvalue weighted by atomic mass is 16.7. The van der Waals surface area contributed by atoms with Crippen LogP contribution in [0.5, 0.6) is 0 Å². The second-order valence-corrected chi connectivity index (χ2v) is 4.64. The molecule has 0 aliphatic heterocycles. The zero-order valence-corrected chi connectivity index (χ0v) is 12.1. The molecule has 0 heterocycles. The van der Waals surface area contributed by atoms with Gasteiger partial charge >= 0.3 is 17.9 Å². The van der Waals surface area contributed by atoms with Gasteiger partial charge in [-0.15, -0.1) is 0 Å². The molecule has 0 unspecified atom stereocenters. The van der Waals surface area contributed by atoms with Crippen LogP contribution in [-0.2, 0) is 23.9 Å². The van der Waals surface area contributed by atoms with E-state index in [0.717, 1.165) is 44.9 Å². The average Bonchev–Trinajstić information content (AvgIpc) is 2.36. The monoisotopic (exact) mass is 288 g/mol. The molecule has 1 N–H and O–H groups in total. The highest BCUT2D eigenvalue weighted by Gasteiger charge is 2.03. The fourth-order valence-corrected chi connectivity index (χ4v) is 1.68.